The van der Waals surface area contributed by atoms with Gasteiger partial charge >= 0.3 is 0 Å². The van der Waals surface area contributed by atoms with Crippen LogP contribution in [0.4, 0.5) is 0 Å². The maximum atomic E-state index is 10.0. The lowest BCUT2D eigenvalue weighted by atomic mass is 10.00. The minimum Gasteiger partial charge on any atom is -0.388 e. The lowest BCUT2D eigenvalue weighted by Crippen LogP contribution is -2.01. The standard InChI is InChI=1S/C14H17NO/c1-10-3-4-12(7-11(10)2)8-14(16)13-5-6-15-9-13/h3-7,9,14-16H,8H2,1-2H3. The zero-order valence-corrected chi connectivity index (χ0v) is 9.70. The van der Waals surface area contributed by atoms with Crippen LogP contribution in [0.15, 0.2) is 36.7 Å². The summed E-state index contributed by atoms with van der Waals surface area (Å²) in [7, 11) is 0. The summed E-state index contributed by atoms with van der Waals surface area (Å²) < 4.78 is 0. The Morgan fingerprint density at radius 2 is 2.00 bits per heavy atom. The Labute approximate surface area is 96.0 Å². The third kappa shape index (κ3) is 2.34. The molecule has 1 heterocycles. The van der Waals surface area contributed by atoms with E-state index in [1.807, 2.05) is 18.5 Å². The van der Waals surface area contributed by atoms with E-state index in [1.165, 1.54) is 16.7 Å². The van der Waals surface area contributed by atoms with Gasteiger partial charge in [-0.2, -0.15) is 0 Å². The largest absolute Gasteiger partial charge is 0.388 e. The van der Waals surface area contributed by atoms with Crippen molar-refractivity contribution < 1.29 is 5.11 Å². The molecule has 1 aromatic heterocycles. The van der Waals surface area contributed by atoms with Crippen molar-refractivity contribution in [1.29, 1.82) is 0 Å². The molecule has 2 nitrogen and oxygen atoms in total. The average Bonchev–Trinajstić information content (AvgIpc) is 2.77. The Morgan fingerprint density at radius 3 is 2.62 bits per heavy atom. The first-order chi connectivity index (χ1) is 7.66. The molecule has 2 N–H and O–H groups in total. The minimum absolute atomic E-state index is 0.423. The highest BCUT2D eigenvalue weighted by Gasteiger charge is 2.09. The predicted molar refractivity (Wildman–Crippen MR) is 65.4 cm³/mol. The molecule has 0 radical (unpaired) electrons. The summed E-state index contributed by atoms with van der Waals surface area (Å²) in [5, 5.41) is 10.0. The molecule has 0 aliphatic carbocycles. The predicted octanol–water partition coefficient (Wildman–Crippen LogP) is 2.91. The zero-order valence-electron chi connectivity index (χ0n) is 9.70. The van der Waals surface area contributed by atoms with Crippen LogP contribution in [0.3, 0.4) is 0 Å². The number of hydrogen-bond acceptors (Lipinski definition) is 1. The van der Waals surface area contributed by atoms with Crippen LogP contribution in [0.5, 0.6) is 0 Å². The summed E-state index contributed by atoms with van der Waals surface area (Å²) in [6, 6.07) is 8.24. The fourth-order valence-electron chi connectivity index (χ4n) is 1.82. The number of aromatic nitrogens is 1. The van der Waals surface area contributed by atoms with Gasteiger partial charge in [-0.05, 0) is 42.2 Å². The van der Waals surface area contributed by atoms with Crippen LogP contribution in [0.1, 0.15) is 28.4 Å². The molecular formula is C14H17NO. The van der Waals surface area contributed by atoms with Gasteiger partial charge in [0.1, 0.15) is 0 Å². The van der Waals surface area contributed by atoms with Crippen LogP contribution in [-0.2, 0) is 6.42 Å². The maximum absolute atomic E-state index is 10.0. The van der Waals surface area contributed by atoms with Gasteiger partial charge in [-0.25, -0.2) is 0 Å². The molecule has 1 atom stereocenters. The highest BCUT2D eigenvalue weighted by atomic mass is 16.3. The van der Waals surface area contributed by atoms with Gasteiger partial charge in [0.15, 0.2) is 0 Å². The summed E-state index contributed by atoms with van der Waals surface area (Å²) in [4.78, 5) is 2.96. The molecule has 0 amide bonds. The molecule has 1 unspecified atom stereocenters. The van der Waals surface area contributed by atoms with Crippen molar-refractivity contribution in [2.75, 3.05) is 0 Å². The number of aliphatic hydroxyl groups excluding tert-OH is 1. The number of rotatable bonds is 3. The van der Waals surface area contributed by atoms with Gasteiger partial charge in [0, 0.05) is 18.8 Å². The van der Waals surface area contributed by atoms with Gasteiger partial charge in [-0.1, -0.05) is 18.2 Å². The van der Waals surface area contributed by atoms with E-state index in [2.05, 4.69) is 37.0 Å². The molecule has 1 aromatic carbocycles. The van der Waals surface area contributed by atoms with E-state index < -0.39 is 6.10 Å². The van der Waals surface area contributed by atoms with Crippen molar-refractivity contribution >= 4 is 0 Å². The minimum atomic E-state index is -0.423. The second-order valence-corrected chi connectivity index (χ2v) is 4.28. The fourth-order valence-corrected chi connectivity index (χ4v) is 1.82. The van der Waals surface area contributed by atoms with Gasteiger partial charge in [0.2, 0.25) is 0 Å². The van der Waals surface area contributed by atoms with E-state index >= 15 is 0 Å². The molecule has 0 saturated carbocycles. The second-order valence-electron chi connectivity index (χ2n) is 4.28. The lowest BCUT2D eigenvalue weighted by Gasteiger charge is -2.10. The lowest BCUT2D eigenvalue weighted by molar-refractivity contribution is 0.178. The van der Waals surface area contributed by atoms with E-state index in [1.54, 1.807) is 0 Å². The first-order valence-corrected chi connectivity index (χ1v) is 5.53. The Hall–Kier alpha value is -1.54. The van der Waals surface area contributed by atoms with Crippen molar-refractivity contribution in [3.05, 3.63) is 58.9 Å². The van der Waals surface area contributed by atoms with Crippen LogP contribution >= 0.6 is 0 Å². The topological polar surface area (TPSA) is 36.0 Å². The first-order valence-electron chi connectivity index (χ1n) is 5.53. The highest BCUT2D eigenvalue weighted by Crippen LogP contribution is 2.19. The number of hydrogen-bond donors (Lipinski definition) is 2. The Bertz CT molecular complexity index is 460. The fraction of sp³-hybridized carbons (Fsp3) is 0.286. The second kappa shape index (κ2) is 4.54. The summed E-state index contributed by atoms with van der Waals surface area (Å²) in [6.07, 6.45) is 3.91. The van der Waals surface area contributed by atoms with E-state index in [0.717, 1.165) is 5.56 Å². The third-order valence-corrected chi connectivity index (χ3v) is 3.01. The number of aryl methyl sites for hydroxylation is 2. The summed E-state index contributed by atoms with van der Waals surface area (Å²) in [5.74, 6) is 0. The van der Waals surface area contributed by atoms with Gasteiger partial charge in [0.05, 0.1) is 6.10 Å². The summed E-state index contributed by atoms with van der Waals surface area (Å²) in [6.45, 7) is 4.20. The van der Waals surface area contributed by atoms with Crippen LogP contribution in [0.2, 0.25) is 0 Å². The molecular weight excluding hydrogens is 198 g/mol. The van der Waals surface area contributed by atoms with E-state index in [9.17, 15) is 5.11 Å². The summed E-state index contributed by atoms with van der Waals surface area (Å²) in [5.41, 5.74) is 4.69. The van der Waals surface area contributed by atoms with Crippen molar-refractivity contribution in [3.63, 3.8) is 0 Å². The zero-order chi connectivity index (χ0) is 11.5. The monoisotopic (exact) mass is 215 g/mol. The van der Waals surface area contributed by atoms with Crippen LogP contribution in [0, 0.1) is 13.8 Å². The molecule has 0 aliphatic rings. The molecule has 2 aromatic rings. The van der Waals surface area contributed by atoms with Crippen molar-refractivity contribution in [3.8, 4) is 0 Å². The Balaban J connectivity index is 2.12. The molecule has 0 spiro atoms. The molecule has 0 aliphatic heterocycles. The molecule has 16 heavy (non-hydrogen) atoms. The normalized spacial score (nSPS) is 12.7. The number of aliphatic hydroxyl groups is 1. The van der Waals surface area contributed by atoms with Crippen molar-refractivity contribution in [2.45, 2.75) is 26.4 Å². The highest BCUT2D eigenvalue weighted by molar-refractivity contribution is 5.31. The van der Waals surface area contributed by atoms with E-state index in [-0.39, 0.29) is 0 Å². The Kier molecular flexibility index (Phi) is 3.11. The van der Waals surface area contributed by atoms with Crippen molar-refractivity contribution in [1.82, 2.24) is 4.98 Å². The Morgan fingerprint density at radius 1 is 1.19 bits per heavy atom. The summed E-state index contributed by atoms with van der Waals surface area (Å²) >= 11 is 0. The van der Waals surface area contributed by atoms with Crippen LogP contribution < -0.4 is 0 Å². The molecule has 84 valence electrons. The van der Waals surface area contributed by atoms with Gasteiger partial charge in [0.25, 0.3) is 0 Å². The average molecular weight is 215 g/mol. The molecule has 2 heteroatoms. The van der Waals surface area contributed by atoms with Gasteiger partial charge < -0.3 is 10.1 Å². The number of aromatic amines is 1. The maximum Gasteiger partial charge on any atom is 0.0844 e. The number of benzene rings is 1. The molecule has 0 saturated heterocycles. The smallest absolute Gasteiger partial charge is 0.0844 e. The number of nitrogens with one attached hydrogen (secondary N) is 1. The van der Waals surface area contributed by atoms with E-state index in [0.29, 0.717) is 6.42 Å². The molecule has 2 rings (SSSR count). The first kappa shape index (κ1) is 11.0. The van der Waals surface area contributed by atoms with Crippen LogP contribution in [0.25, 0.3) is 0 Å². The molecule has 0 bridgehead atoms. The SMILES string of the molecule is Cc1ccc(CC(O)c2cc[nH]c2)cc1C. The quantitative estimate of drug-likeness (QED) is 0.811. The molecule has 0 fully saturated rings. The third-order valence-electron chi connectivity index (χ3n) is 3.01. The van der Waals surface area contributed by atoms with Crippen LogP contribution in [-0.4, -0.2) is 10.1 Å². The van der Waals surface area contributed by atoms with Gasteiger partial charge in [-0.3, -0.25) is 0 Å². The van der Waals surface area contributed by atoms with Gasteiger partial charge in [-0.15, -0.1) is 0 Å². The van der Waals surface area contributed by atoms with Crippen molar-refractivity contribution in [2.24, 2.45) is 0 Å². The number of H-pyrrole nitrogens is 1. The van der Waals surface area contributed by atoms with E-state index in [4.69, 9.17) is 0 Å².